The maximum atomic E-state index is 12.3. The molecule has 0 atom stereocenters. The van der Waals surface area contributed by atoms with Gasteiger partial charge in [-0.05, 0) is 36.4 Å². The largest absolute Gasteiger partial charge is 0.345 e. The fourth-order valence-electron chi connectivity index (χ4n) is 2.66. The number of fused-ring (bicyclic) bond motifs is 1. The molecule has 0 bridgehead atoms. The quantitative estimate of drug-likeness (QED) is 0.608. The van der Waals surface area contributed by atoms with Gasteiger partial charge < -0.3 is 5.32 Å². The van der Waals surface area contributed by atoms with Crippen molar-refractivity contribution in [1.82, 2.24) is 25.1 Å². The van der Waals surface area contributed by atoms with Gasteiger partial charge in [-0.25, -0.2) is 0 Å². The van der Waals surface area contributed by atoms with Gasteiger partial charge in [0, 0.05) is 11.1 Å². The number of nitriles is 1. The molecule has 0 radical (unpaired) electrons. The van der Waals surface area contributed by atoms with Crippen molar-refractivity contribution in [3.63, 3.8) is 0 Å². The fraction of sp³-hybridized carbons (Fsp3) is 0.0500. The molecule has 7 nitrogen and oxygen atoms in total. The molecule has 0 saturated heterocycles. The van der Waals surface area contributed by atoms with E-state index < -0.39 is 0 Å². The van der Waals surface area contributed by atoms with E-state index >= 15 is 0 Å². The Morgan fingerprint density at radius 1 is 1.00 bits per heavy atom. The number of nitrogens with one attached hydrogen (secondary N) is 1. The van der Waals surface area contributed by atoms with Crippen LogP contribution in [0.5, 0.6) is 0 Å². The van der Waals surface area contributed by atoms with Gasteiger partial charge in [-0.3, -0.25) is 4.79 Å². The smallest absolute Gasteiger partial charge is 0.251 e. The molecule has 2 aromatic heterocycles. The van der Waals surface area contributed by atoms with Gasteiger partial charge in [-0.15, -0.1) is 10.2 Å². The Balaban J connectivity index is 1.55. The number of hydrogen-bond donors (Lipinski definition) is 1. The second-order valence-electron chi connectivity index (χ2n) is 5.84. The Labute approximate surface area is 154 Å². The molecule has 0 unspecified atom stereocenters. The summed E-state index contributed by atoms with van der Waals surface area (Å²) in [5.74, 6) is 0.278. The standard InChI is InChI=1S/C20H14N6O/c21-12-14-6-8-16(9-7-14)20(27)22-13-19-24-23-18-11-10-17(25-26(18)19)15-4-2-1-3-5-15/h1-11H,13H2,(H,22,27). The van der Waals surface area contributed by atoms with Crippen molar-refractivity contribution >= 4 is 11.6 Å². The SMILES string of the molecule is N#Cc1ccc(C(=O)NCc2nnc3ccc(-c4ccccc4)nn23)cc1. The number of amides is 1. The average molecular weight is 354 g/mol. The van der Waals surface area contributed by atoms with Gasteiger partial charge in [0.25, 0.3) is 5.91 Å². The summed E-state index contributed by atoms with van der Waals surface area (Å²) in [7, 11) is 0. The minimum absolute atomic E-state index is 0.186. The van der Waals surface area contributed by atoms with Crippen LogP contribution in [0.25, 0.3) is 16.9 Å². The topological polar surface area (TPSA) is 96.0 Å². The molecule has 2 heterocycles. The molecular formula is C20H14N6O. The summed E-state index contributed by atoms with van der Waals surface area (Å²) in [6.45, 7) is 0.186. The summed E-state index contributed by atoms with van der Waals surface area (Å²) >= 11 is 0. The lowest BCUT2D eigenvalue weighted by atomic mass is 10.1. The van der Waals surface area contributed by atoms with Gasteiger partial charge in [0.05, 0.1) is 23.9 Å². The van der Waals surface area contributed by atoms with Crippen molar-refractivity contribution < 1.29 is 4.79 Å². The number of hydrogen-bond acceptors (Lipinski definition) is 5. The van der Waals surface area contributed by atoms with Crippen molar-refractivity contribution in [2.75, 3.05) is 0 Å². The first-order chi connectivity index (χ1) is 13.2. The molecule has 4 aromatic rings. The highest BCUT2D eigenvalue weighted by Gasteiger charge is 2.11. The highest BCUT2D eigenvalue weighted by molar-refractivity contribution is 5.94. The van der Waals surface area contributed by atoms with Crippen molar-refractivity contribution in [3.8, 4) is 17.3 Å². The molecule has 27 heavy (non-hydrogen) atoms. The van der Waals surface area contributed by atoms with Gasteiger partial charge in [0.15, 0.2) is 11.5 Å². The third kappa shape index (κ3) is 3.37. The Bertz CT molecular complexity index is 1140. The lowest BCUT2D eigenvalue weighted by Gasteiger charge is -2.05. The first kappa shape index (κ1) is 16.4. The second-order valence-corrected chi connectivity index (χ2v) is 5.84. The number of rotatable bonds is 4. The minimum atomic E-state index is -0.254. The van der Waals surface area contributed by atoms with Crippen molar-refractivity contribution in [2.45, 2.75) is 6.54 Å². The van der Waals surface area contributed by atoms with Crippen LogP contribution in [0.1, 0.15) is 21.7 Å². The zero-order chi connectivity index (χ0) is 18.6. The second kappa shape index (κ2) is 7.06. The summed E-state index contributed by atoms with van der Waals surface area (Å²) in [6, 6.07) is 22.0. The van der Waals surface area contributed by atoms with E-state index in [2.05, 4.69) is 20.6 Å². The summed E-state index contributed by atoms with van der Waals surface area (Å²) in [5, 5.41) is 24.4. The summed E-state index contributed by atoms with van der Waals surface area (Å²) in [5.41, 5.74) is 3.37. The molecule has 7 heteroatoms. The van der Waals surface area contributed by atoms with Crippen LogP contribution in [0.4, 0.5) is 0 Å². The van der Waals surface area contributed by atoms with E-state index in [-0.39, 0.29) is 12.5 Å². The number of aromatic nitrogens is 4. The Morgan fingerprint density at radius 2 is 1.78 bits per heavy atom. The Kier molecular flexibility index (Phi) is 4.29. The molecule has 2 aromatic carbocycles. The van der Waals surface area contributed by atoms with E-state index in [9.17, 15) is 4.79 Å². The number of carbonyl (C=O) groups is 1. The van der Waals surface area contributed by atoms with Gasteiger partial charge in [0.1, 0.15) is 0 Å². The molecule has 130 valence electrons. The van der Waals surface area contributed by atoms with Crippen LogP contribution in [-0.4, -0.2) is 25.7 Å². The van der Waals surface area contributed by atoms with Crippen LogP contribution in [0.2, 0.25) is 0 Å². The normalized spacial score (nSPS) is 10.5. The Morgan fingerprint density at radius 3 is 2.52 bits per heavy atom. The molecule has 4 rings (SSSR count). The summed E-state index contributed by atoms with van der Waals surface area (Å²) in [6.07, 6.45) is 0. The molecule has 0 fully saturated rings. The van der Waals surface area contributed by atoms with Gasteiger partial charge >= 0.3 is 0 Å². The van der Waals surface area contributed by atoms with Crippen molar-refractivity contribution in [2.24, 2.45) is 0 Å². The monoisotopic (exact) mass is 354 g/mol. The van der Waals surface area contributed by atoms with Crippen LogP contribution in [0.15, 0.2) is 66.7 Å². The number of nitrogens with zero attached hydrogens (tertiary/aromatic N) is 5. The predicted octanol–water partition coefficient (Wildman–Crippen LogP) is 2.59. The maximum absolute atomic E-state index is 12.3. The highest BCUT2D eigenvalue weighted by atomic mass is 16.1. The molecular weight excluding hydrogens is 340 g/mol. The van der Waals surface area contributed by atoms with Crippen LogP contribution < -0.4 is 5.32 Å². The first-order valence-electron chi connectivity index (χ1n) is 8.30. The highest BCUT2D eigenvalue weighted by Crippen LogP contribution is 2.16. The van der Waals surface area contributed by atoms with Crippen molar-refractivity contribution in [1.29, 1.82) is 5.26 Å². The zero-order valence-electron chi connectivity index (χ0n) is 14.2. The summed E-state index contributed by atoms with van der Waals surface area (Å²) in [4.78, 5) is 12.3. The van der Waals surface area contributed by atoms with Crippen LogP contribution in [-0.2, 0) is 6.54 Å². The average Bonchev–Trinajstić information content (AvgIpc) is 3.15. The predicted molar refractivity (Wildman–Crippen MR) is 98.5 cm³/mol. The molecule has 0 saturated carbocycles. The van der Waals surface area contributed by atoms with E-state index in [1.807, 2.05) is 48.5 Å². The van der Waals surface area contributed by atoms with Gasteiger partial charge in [0.2, 0.25) is 0 Å². The Hall–Kier alpha value is -4.05. The fourth-order valence-corrected chi connectivity index (χ4v) is 2.66. The molecule has 0 aliphatic rings. The third-order valence-corrected chi connectivity index (χ3v) is 4.08. The molecule has 0 aliphatic carbocycles. The molecule has 0 spiro atoms. The zero-order valence-corrected chi connectivity index (χ0v) is 14.2. The van der Waals surface area contributed by atoms with E-state index in [1.54, 1.807) is 28.8 Å². The lowest BCUT2D eigenvalue weighted by molar-refractivity contribution is 0.0949. The third-order valence-electron chi connectivity index (χ3n) is 4.08. The number of carbonyl (C=O) groups excluding carboxylic acids is 1. The van der Waals surface area contributed by atoms with E-state index in [0.717, 1.165) is 11.3 Å². The van der Waals surface area contributed by atoms with E-state index in [1.165, 1.54) is 0 Å². The maximum Gasteiger partial charge on any atom is 0.251 e. The van der Waals surface area contributed by atoms with Crippen LogP contribution >= 0.6 is 0 Å². The van der Waals surface area contributed by atoms with E-state index in [0.29, 0.717) is 22.6 Å². The van der Waals surface area contributed by atoms with E-state index in [4.69, 9.17) is 5.26 Å². The van der Waals surface area contributed by atoms with Gasteiger partial charge in [-0.2, -0.15) is 14.9 Å². The minimum Gasteiger partial charge on any atom is -0.345 e. The number of benzene rings is 2. The molecule has 1 amide bonds. The van der Waals surface area contributed by atoms with Gasteiger partial charge in [-0.1, -0.05) is 30.3 Å². The first-order valence-corrected chi connectivity index (χ1v) is 8.30. The van der Waals surface area contributed by atoms with Crippen molar-refractivity contribution in [3.05, 3.63) is 83.7 Å². The van der Waals surface area contributed by atoms with Crippen LogP contribution in [0.3, 0.4) is 0 Å². The summed E-state index contributed by atoms with van der Waals surface area (Å²) < 4.78 is 1.63. The molecule has 1 N–H and O–H groups in total. The molecule has 0 aliphatic heterocycles. The van der Waals surface area contributed by atoms with Crippen LogP contribution in [0, 0.1) is 11.3 Å². The lowest BCUT2D eigenvalue weighted by Crippen LogP contribution is -2.24.